The van der Waals surface area contributed by atoms with E-state index in [0.717, 1.165) is 4.90 Å². The van der Waals surface area contributed by atoms with Crippen molar-refractivity contribution in [2.45, 2.75) is 19.0 Å². The van der Waals surface area contributed by atoms with Crippen molar-refractivity contribution in [3.8, 4) is 0 Å². The second-order valence-electron chi connectivity index (χ2n) is 7.86. The van der Waals surface area contributed by atoms with Crippen LogP contribution in [0.4, 0.5) is 5.69 Å². The minimum Gasteiger partial charge on any atom is -0.295 e. The molecule has 31 heavy (non-hydrogen) atoms. The third kappa shape index (κ3) is 2.84. The summed E-state index contributed by atoms with van der Waals surface area (Å²) in [7, 11) is 0. The number of allylic oxidation sites excluding steroid dienone is 1. The maximum Gasteiger partial charge on any atom is 0.240 e. The SMILES string of the molecule is CC(=O)c1ccc(N2C(=O)[C@@H]3[C@H](C2=O)[C@@H](C(=O)c2ccccc2)N2N=CC=C[C@H]32)cc1. The summed E-state index contributed by atoms with van der Waals surface area (Å²) in [5.74, 6) is -2.65. The number of imide groups is 1. The summed E-state index contributed by atoms with van der Waals surface area (Å²) in [6, 6.07) is 13.8. The Morgan fingerprint density at radius 1 is 0.871 bits per heavy atom. The summed E-state index contributed by atoms with van der Waals surface area (Å²) >= 11 is 0. The first-order chi connectivity index (χ1) is 15.0. The molecule has 0 unspecified atom stereocenters. The molecule has 5 rings (SSSR count). The van der Waals surface area contributed by atoms with Gasteiger partial charge in [0.1, 0.15) is 6.04 Å². The van der Waals surface area contributed by atoms with E-state index in [9.17, 15) is 19.2 Å². The zero-order valence-corrected chi connectivity index (χ0v) is 16.7. The Hall–Kier alpha value is -3.87. The van der Waals surface area contributed by atoms with Crippen LogP contribution in [0.15, 0.2) is 71.9 Å². The van der Waals surface area contributed by atoms with Crippen LogP contribution in [0.2, 0.25) is 0 Å². The number of hydrogen-bond acceptors (Lipinski definition) is 6. The Morgan fingerprint density at radius 2 is 1.55 bits per heavy atom. The molecule has 3 aliphatic rings. The Bertz CT molecular complexity index is 1150. The van der Waals surface area contributed by atoms with Gasteiger partial charge in [0.15, 0.2) is 11.6 Å². The summed E-state index contributed by atoms with van der Waals surface area (Å²) in [5, 5.41) is 5.93. The first-order valence-corrected chi connectivity index (χ1v) is 10.1. The molecule has 0 bridgehead atoms. The molecular formula is C24H19N3O4. The van der Waals surface area contributed by atoms with Crippen LogP contribution in [-0.2, 0) is 9.59 Å². The summed E-state index contributed by atoms with van der Waals surface area (Å²) in [6.07, 6.45) is 5.11. The largest absolute Gasteiger partial charge is 0.295 e. The third-order valence-electron chi connectivity index (χ3n) is 6.15. The maximum atomic E-state index is 13.5. The van der Waals surface area contributed by atoms with E-state index in [4.69, 9.17) is 0 Å². The van der Waals surface area contributed by atoms with Crippen LogP contribution in [-0.4, -0.2) is 46.7 Å². The van der Waals surface area contributed by atoms with E-state index >= 15 is 0 Å². The summed E-state index contributed by atoms with van der Waals surface area (Å²) < 4.78 is 0. The predicted molar refractivity (Wildman–Crippen MR) is 114 cm³/mol. The molecule has 4 atom stereocenters. The van der Waals surface area contributed by atoms with E-state index in [1.165, 1.54) is 6.92 Å². The van der Waals surface area contributed by atoms with Crippen LogP contribution in [0.5, 0.6) is 0 Å². The molecule has 3 aliphatic heterocycles. The minimum atomic E-state index is -0.864. The number of fused-ring (bicyclic) bond motifs is 3. The number of carbonyl (C=O) groups excluding carboxylic acids is 4. The van der Waals surface area contributed by atoms with E-state index < -0.39 is 29.8 Å². The van der Waals surface area contributed by atoms with Crippen LogP contribution in [0, 0.1) is 11.8 Å². The number of benzene rings is 2. The maximum absolute atomic E-state index is 13.5. The van der Waals surface area contributed by atoms with Crippen LogP contribution in [0.1, 0.15) is 27.6 Å². The molecule has 2 aromatic carbocycles. The molecule has 154 valence electrons. The van der Waals surface area contributed by atoms with Gasteiger partial charge in [-0.25, -0.2) is 4.90 Å². The van der Waals surface area contributed by atoms with Gasteiger partial charge >= 0.3 is 0 Å². The first kappa shape index (κ1) is 19.1. The van der Waals surface area contributed by atoms with Crippen molar-refractivity contribution in [3.63, 3.8) is 0 Å². The fourth-order valence-electron chi connectivity index (χ4n) is 4.71. The normalized spacial score (nSPS) is 26.2. The Balaban J connectivity index is 1.55. The van der Waals surface area contributed by atoms with Gasteiger partial charge in [-0.15, -0.1) is 0 Å². The molecule has 7 heteroatoms. The number of carbonyl (C=O) groups is 4. The Labute approximate surface area is 178 Å². The molecule has 0 spiro atoms. The fraction of sp³-hybridized carbons (Fsp3) is 0.208. The number of rotatable bonds is 4. The second-order valence-corrected chi connectivity index (χ2v) is 7.86. The monoisotopic (exact) mass is 413 g/mol. The highest BCUT2D eigenvalue weighted by Gasteiger charge is 2.64. The van der Waals surface area contributed by atoms with Crippen molar-refractivity contribution < 1.29 is 19.2 Å². The Kier molecular flexibility index (Phi) is 4.39. The van der Waals surface area contributed by atoms with Gasteiger partial charge in [0, 0.05) is 17.3 Å². The molecule has 0 radical (unpaired) electrons. The summed E-state index contributed by atoms with van der Waals surface area (Å²) in [4.78, 5) is 53.0. The van der Waals surface area contributed by atoms with Crippen molar-refractivity contribution in [2.24, 2.45) is 16.9 Å². The topological polar surface area (TPSA) is 87.1 Å². The van der Waals surface area contributed by atoms with E-state index in [0.29, 0.717) is 16.8 Å². The van der Waals surface area contributed by atoms with E-state index in [1.54, 1.807) is 65.8 Å². The van der Waals surface area contributed by atoms with Gasteiger partial charge in [-0.1, -0.05) is 36.4 Å². The van der Waals surface area contributed by atoms with E-state index in [-0.39, 0.29) is 17.5 Å². The van der Waals surface area contributed by atoms with Crippen molar-refractivity contribution in [1.82, 2.24) is 5.01 Å². The first-order valence-electron chi connectivity index (χ1n) is 10.1. The molecule has 3 heterocycles. The highest BCUT2D eigenvalue weighted by molar-refractivity contribution is 6.24. The number of ketones is 2. The molecule has 0 N–H and O–H groups in total. The van der Waals surface area contributed by atoms with Gasteiger partial charge < -0.3 is 0 Å². The predicted octanol–water partition coefficient (Wildman–Crippen LogP) is 2.49. The smallest absolute Gasteiger partial charge is 0.240 e. The van der Waals surface area contributed by atoms with Crippen molar-refractivity contribution in [3.05, 3.63) is 77.9 Å². The molecule has 0 saturated carbocycles. The number of hydrazone groups is 1. The molecule has 2 aromatic rings. The number of anilines is 1. The van der Waals surface area contributed by atoms with E-state index in [1.807, 2.05) is 12.1 Å². The highest BCUT2D eigenvalue weighted by Crippen LogP contribution is 2.46. The lowest BCUT2D eigenvalue weighted by atomic mass is 9.86. The van der Waals surface area contributed by atoms with E-state index in [2.05, 4.69) is 5.10 Å². The lowest BCUT2D eigenvalue weighted by molar-refractivity contribution is -0.123. The van der Waals surface area contributed by atoms with Gasteiger partial charge in [-0.05, 0) is 37.3 Å². The van der Waals surface area contributed by atoms with Crippen molar-refractivity contribution in [1.29, 1.82) is 0 Å². The number of amides is 2. The fourth-order valence-corrected chi connectivity index (χ4v) is 4.71. The third-order valence-corrected chi connectivity index (χ3v) is 6.15. The number of Topliss-reactive ketones (excluding diaryl/α,β-unsaturated/α-hetero) is 2. The molecule has 7 nitrogen and oxygen atoms in total. The summed E-state index contributed by atoms with van der Waals surface area (Å²) in [6.45, 7) is 1.45. The molecule has 2 saturated heterocycles. The molecule has 2 amide bonds. The average Bonchev–Trinajstić information content (AvgIpc) is 3.27. The molecule has 0 aliphatic carbocycles. The zero-order chi connectivity index (χ0) is 21.7. The molecule has 2 fully saturated rings. The molecule has 0 aromatic heterocycles. The Morgan fingerprint density at radius 3 is 2.23 bits per heavy atom. The standard InChI is InChI=1S/C24H19N3O4/c1-14(28)15-9-11-17(12-10-15)26-23(30)19-18-8-5-13-25-27(18)21(20(19)24(26)31)22(29)16-6-3-2-4-7-16/h2-13,18-21H,1H3/t18-,19+,20+,21+/m1/s1. The average molecular weight is 413 g/mol. The van der Waals surface area contributed by atoms with Crippen molar-refractivity contribution in [2.75, 3.05) is 4.90 Å². The molecular weight excluding hydrogens is 394 g/mol. The summed E-state index contributed by atoms with van der Waals surface area (Å²) in [5.41, 5.74) is 1.37. The van der Waals surface area contributed by atoms with Crippen LogP contribution < -0.4 is 4.90 Å². The van der Waals surface area contributed by atoms with Gasteiger partial charge in [-0.2, -0.15) is 5.10 Å². The highest BCUT2D eigenvalue weighted by atomic mass is 16.2. The van der Waals surface area contributed by atoms with Crippen LogP contribution in [0.3, 0.4) is 0 Å². The lowest BCUT2D eigenvalue weighted by Crippen LogP contribution is -2.46. The second kappa shape index (κ2) is 7.12. The lowest BCUT2D eigenvalue weighted by Gasteiger charge is -2.30. The van der Waals surface area contributed by atoms with Gasteiger partial charge in [-0.3, -0.25) is 24.2 Å². The quantitative estimate of drug-likeness (QED) is 0.568. The number of nitrogens with zero attached hydrogens (tertiary/aromatic N) is 3. The zero-order valence-electron chi connectivity index (χ0n) is 16.7. The van der Waals surface area contributed by atoms with Crippen LogP contribution in [0.25, 0.3) is 0 Å². The van der Waals surface area contributed by atoms with Gasteiger partial charge in [0.25, 0.3) is 0 Å². The van der Waals surface area contributed by atoms with Crippen molar-refractivity contribution >= 4 is 35.3 Å². The van der Waals surface area contributed by atoms with Gasteiger partial charge in [0.05, 0.1) is 23.6 Å². The van der Waals surface area contributed by atoms with Gasteiger partial charge in [0.2, 0.25) is 11.8 Å². The number of hydrogen-bond donors (Lipinski definition) is 0. The minimum absolute atomic E-state index is 0.100. The van der Waals surface area contributed by atoms with Crippen LogP contribution >= 0.6 is 0 Å².